The highest BCUT2D eigenvalue weighted by Crippen LogP contribution is 2.23. The van der Waals surface area contributed by atoms with Crippen molar-refractivity contribution in [1.29, 1.82) is 0 Å². The van der Waals surface area contributed by atoms with Crippen molar-refractivity contribution >= 4 is 22.0 Å². The van der Waals surface area contributed by atoms with E-state index < -0.39 is 0 Å². The van der Waals surface area contributed by atoms with Gasteiger partial charge in [-0.25, -0.2) is 19.9 Å². The summed E-state index contributed by atoms with van der Waals surface area (Å²) in [4.78, 5) is 17.4. The number of hydrogen-bond acceptors (Lipinski definition) is 5. The largest absolute Gasteiger partial charge is 0.443 e. The first-order valence-corrected chi connectivity index (χ1v) is 7.46. The minimum atomic E-state index is 0.669. The van der Waals surface area contributed by atoms with Gasteiger partial charge in [0.1, 0.15) is 5.52 Å². The monoisotopic (exact) mass is 313 g/mol. The SMILES string of the molecule is c1cn(-c2ccc3nc(-c4ccc5ocnc5c4)ncc3c2)cn1. The summed E-state index contributed by atoms with van der Waals surface area (Å²) in [6.45, 7) is 0. The van der Waals surface area contributed by atoms with Gasteiger partial charge in [0, 0.05) is 35.2 Å². The van der Waals surface area contributed by atoms with E-state index in [4.69, 9.17) is 4.42 Å². The summed E-state index contributed by atoms with van der Waals surface area (Å²) >= 11 is 0. The van der Waals surface area contributed by atoms with Gasteiger partial charge in [0.2, 0.25) is 0 Å². The summed E-state index contributed by atoms with van der Waals surface area (Å²) in [7, 11) is 0. The Hall–Kier alpha value is -3.54. The van der Waals surface area contributed by atoms with Crippen LogP contribution in [0.1, 0.15) is 0 Å². The molecule has 0 spiro atoms. The molecule has 0 radical (unpaired) electrons. The lowest BCUT2D eigenvalue weighted by Gasteiger charge is -2.05. The molecule has 6 nitrogen and oxygen atoms in total. The fourth-order valence-electron chi connectivity index (χ4n) is 2.73. The molecule has 3 heterocycles. The second-order valence-electron chi connectivity index (χ2n) is 5.44. The van der Waals surface area contributed by atoms with E-state index in [2.05, 4.69) is 19.9 Å². The molecule has 2 aromatic carbocycles. The average molecular weight is 313 g/mol. The molecule has 0 N–H and O–H groups in total. The Labute approximate surface area is 136 Å². The molecule has 6 heteroatoms. The molecule has 0 unspecified atom stereocenters. The van der Waals surface area contributed by atoms with Crippen LogP contribution in [0.4, 0.5) is 0 Å². The van der Waals surface area contributed by atoms with Crippen LogP contribution in [-0.2, 0) is 0 Å². The van der Waals surface area contributed by atoms with Gasteiger partial charge in [0.05, 0.1) is 11.8 Å². The van der Waals surface area contributed by atoms with Crippen molar-refractivity contribution < 1.29 is 4.42 Å². The maximum absolute atomic E-state index is 5.27. The summed E-state index contributed by atoms with van der Waals surface area (Å²) in [6, 6.07) is 11.8. The molecule has 114 valence electrons. The van der Waals surface area contributed by atoms with Gasteiger partial charge in [0.15, 0.2) is 17.8 Å². The van der Waals surface area contributed by atoms with E-state index >= 15 is 0 Å². The molecule has 0 fully saturated rings. The van der Waals surface area contributed by atoms with Crippen LogP contribution in [-0.4, -0.2) is 24.5 Å². The number of hydrogen-bond donors (Lipinski definition) is 0. The topological polar surface area (TPSA) is 69.6 Å². The van der Waals surface area contributed by atoms with E-state index in [1.165, 1.54) is 6.39 Å². The first-order chi connectivity index (χ1) is 11.9. The zero-order valence-corrected chi connectivity index (χ0v) is 12.5. The Bertz CT molecular complexity index is 1160. The molecule has 0 atom stereocenters. The molecule has 0 aliphatic rings. The number of fused-ring (bicyclic) bond motifs is 2. The third-order valence-electron chi connectivity index (χ3n) is 3.95. The number of imidazole rings is 1. The average Bonchev–Trinajstić information content (AvgIpc) is 3.31. The third-order valence-corrected chi connectivity index (χ3v) is 3.95. The summed E-state index contributed by atoms with van der Waals surface area (Å²) in [5, 5.41) is 0.979. The van der Waals surface area contributed by atoms with Crippen LogP contribution in [0.3, 0.4) is 0 Å². The van der Waals surface area contributed by atoms with Crippen molar-refractivity contribution in [3.8, 4) is 17.1 Å². The first kappa shape index (κ1) is 13.0. The molecule has 0 aliphatic carbocycles. The highest BCUT2D eigenvalue weighted by atomic mass is 16.3. The van der Waals surface area contributed by atoms with Gasteiger partial charge < -0.3 is 8.98 Å². The molecule has 0 saturated heterocycles. The highest BCUT2D eigenvalue weighted by Gasteiger charge is 2.07. The van der Waals surface area contributed by atoms with E-state index in [1.54, 1.807) is 12.5 Å². The van der Waals surface area contributed by atoms with Crippen molar-refractivity contribution in [2.24, 2.45) is 0 Å². The van der Waals surface area contributed by atoms with Gasteiger partial charge in [-0.1, -0.05) is 0 Å². The molecular formula is C18H11N5O. The lowest BCUT2D eigenvalue weighted by Crippen LogP contribution is -1.93. The Morgan fingerprint density at radius 1 is 0.958 bits per heavy atom. The Morgan fingerprint density at radius 3 is 2.88 bits per heavy atom. The zero-order chi connectivity index (χ0) is 15.9. The van der Waals surface area contributed by atoms with Gasteiger partial charge in [0.25, 0.3) is 0 Å². The number of rotatable bonds is 2. The van der Waals surface area contributed by atoms with Crippen LogP contribution < -0.4 is 0 Å². The van der Waals surface area contributed by atoms with Crippen molar-refractivity contribution in [1.82, 2.24) is 24.5 Å². The molecule has 5 rings (SSSR count). The van der Waals surface area contributed by atoms with Gasteiger partial charge in [-0.2, -0.15) is 0 Å². The second-order valence-corrected chi connectivity index (χ2v) is 5.44. The van der Waals surface area contributed by atoms with Crippen LogP contribution in [0.15, 0.2) is 72.1 Å². The van der Waals surface area contributed by atoms with Crippen LogP contribution in [0.25, 0.3) is 39.1 Å². The minimum absolute atomic E-state index is 0.669. The summed E-state index contributed by atoms with van der Waals surface area (Å²) in [5.41, 5.74) is 4.39. The van der Waals surface area contributed by atoms with Crippen molar-refractivity contribution in [2.45, 2.75) is 0 Å². The van der Waals surface area contributed by atoms with E-state index in [0.29, 0.717) is 5.82 Å². The maximum Gasteiger partial charge on any atom is 0.181 e. The van der Waals surface area contributed by atoms with Crippen LogP contribution in [0.2, 0.25) is 0 Å². The molecule has 0 amide bonds. The molecule has 0 aliphatic heterocycles. The predicted octanol–water partition coefficient (Wildman–Crippen LogP) is 3.62. The molecule has 0 bridgehead atoms. The standard InChI is InChI=1S/C18H11N5O/c1-4-17-16(21-11-24-17)8-12(1)18-20-9-13-7-14(2-3-15(13)22-18)23-6-5-19-10-23/h1-11H. The van der Waals surface area contributed by atoms with Gasteiger partial charge in [-0.05, 0) is 36.4 Å². The fraction of sp³-hybridized carbons (Fsp3) is 0. The molecule has 0 saturated carbocycles. The Morgan fingerprint density at radius 2 is 1.96 bits per heavy atom. The Kier molecular flexibility index (Phi) is 2.69. The number of benzene rings is 2. The number of oxazole rings is 1. The van der Waals surface area contributed by atoms with Crippen molar-refractivity contribution in [3.05, 3.63) is 67.7 Å². The van der Waals surface area contributed by atoms with Gasteiger partial charge in [-0.3, -0.25) is 0 Å². The lowest BCUT2D eigenvalue weighted by molar-refractivity contribution is 0.602. The third kappa shape index (κ3) is 2.04. The number of aromatic nitrogens is 5. The zero-order valence-electron chi connectivity index (χ0n) is 12.5. The van der Waals surface area contributed by atoms with Crippen molar-refractivity contribution in [3.63, 3.8) is 0 Å². The van der Waals surface area contributed by atoms with E-state index in [-0.39, 0.29) is 0 Å². The smallest absolute Gasteiger partial charge is 0.181 e. The van der Waals surface area contributed by atoms with Gasteiger partial charge >= 0.3 is 0 Å². The van der Waals surface area contributed by atoms with Crippen LogP contribution >= 0.6 is 0 Å². The Balaban J connectivity index is 1.61. The molecule has 24 heavy (non-hydrogen) atoms. The first-order valence-electron chi connectivity index (χ1n) is 7.46. The summed E-state index contributed by atoms with van der Waals surface area (Å²) < 4.78 is 7.22. The van der Waals surface area contributed by atoms with E-state index in [9.17, 15) is 0 Å². The fourth-order valence-corrected chi connectivity index (χ4v) is 2.73. The predicted molar refractivity (Wildman–Crippen MR) is 89.7 cm³/mol. The number of nitrogens with zero attached hydrogens (tertiary/aromatic N) is 5. The van der Waals surface area contributed by atoms with Gasteiger partial charge in [-0.15, -0.1) is 0 Å². The quantitative estimate of drug-likeness (QED) is 0.498. The molecule has 3 aromatic heterocycles. The summed E-state index contributed by atoms with van der Waals surface area (Å²) in [5.74, 6) is 0.669. The maximum atomic E-state index is 5.27. The minimum Gasteiger partial charge on any atom is -0.443 e. The van der Waals surface area contributed by atoms with Crippen LogP contribution in [0, 0.1) is 0 Å². The second kappa shape index (κ2) is 4.99. The molecular weight excluding hydrogens is 302 g/mol. The van der Waals surface area contributed by atoms with E-state index in [0.717, 1.165) is 33.3 Å². The molecule has 5 aromatic rings. The normalized spacial score (nSPS) is 11.3. The van der Waals surface area contributed by atoms with Crippen molar-refractivity contribution in [2.75, 3.05) is 0 Å². The van der Waals surface area contributed by atoms with Crippen LogP contribution in [0.5, 0.6) is 0 Å². The highest BCUT2D eigenvalue weighted by molar-refractivity contribution is 5.83. The summed E-state index contributed by atoms with van der Waals surface area (Å²) in [6.07, 6.45) is 8.70. The van der Waals surface area contributed by atoms with E-state index in [1.807, 2.05) is 53.4 Å². The lowest BCUT2D eigenvalue weighted by atomic mass is 10.1.